The molecule has 66 heavy (non-hydrogen) atoms. The van der Waals surface area contributed by atoms with Crippen LogP contribution in [0.5, 0.6) is 5.75 Å². The van der Waals surface area contributed by atoms with Crippen molar-refractivity contribution in [2.75, 3.05) is 19.6 Å². The number of carbonyl (C=O) groups is 10. The van der Waals surface area contributed by atoms with Crippen molar-refractivity contribution in [3.8, 4) is 5.75 Å². The van der Waals surface area contributed by atoms with Crippen LogP contribution < -0.4 is 43.8 Å². The Hall–Kier alpha value is -6.36. The molecule has 23 heteroatoms. The highest BCUT2D eigenvalue weighted by molar-refractivity contribution is 5.98. The number of hydrogen-bond donors (Lipinski definition) is 11. The van der Waals surface area contributed by atoms with E-state index in [4.69, 9.17) is 22.3 Å². The summed E-state index contributed by atoms with van der Waals surface area (Å²) in [6, 6.07) is -3.66. The number of carbonyl (C=O) groups excluding carboxylic acids is 8. The zero-order valence-electron chi connectivity index (χ0n) is 37.7. The number of carboxylic acid groups (broad SMARTS) is 2. The van der Waals surface area contributed by atoms with Crippen molar-refractivity contribution in [1.29, 1.82) is 0 Å². The number of carboxylic acids is 2. The van der Waals surface area contributed by atoms with Crippen molar-refractivity contribution < 1.29 is 63.3 Å². The molecule has 8 amide bonds. The van der Waals surface area contributed by atoms with Gasteiger partial charge in [-0.2, -0.15) is 0 Å². The van der Waals surface area contributed by atoms with Crippen LogP contribution in [0, 0.1) is 5.92 Å². The summed E-state index contributed by atoms with van der Waals surface area (Å²) in [5.41, 5.74) is 18.0. The third kappa shape index (κ3) is 16.6. The molecule has 0 bridgehead atoms. The molecule has 1 aromatic rings. The van der Waals surface area contributed by atoms with Gasteiger partial charge in [-0.15, -0.1) is 0 Å². The fraction of sp³-hybridized carbons (Fsp3) is 0.628. The maximum absolute atomic E-state index is 14.0. The monoisotopic (exact) mass is 930 g/mol. The summed E-state index contributed by atoms with van der Waals surface area (Å²) in [5.74, 6) is -9.04. The normalized spacial score (nSPS) is 18.5. The maximum atomic E-state index is 14.0. The maximum Gasteiger partial charge on any atom is 0.326 e. The molecule has 2 aliphatic heterocycles. The van der Waals surface area contributed by atoms with Crippen molar-refractivity contribution in [2.24, 2.45) is 23.1 Å². The van der Waals surface area contributed by atoms with Crippen molar-refractivity contribution in [1.82, 2.24) is 36.4 Å². The Labute approximate surface area is 382 Å². The van der Waals surface area contributed by atoms with Gasteiger partial charge in [0.05, 0.1) is 12.5 Å². The molecule has 23 nitrogen and oxygen atoms in total. The minimum Gasteiger partial charge on any atom is -0.508 e. The number of phenols is 1. The van der Waals surface area contributed by atoms with E-state index < -0.39 is 127 Å². The summed E-state index contributed by atoms with van der Waals surface area (Å²) in [6.45, 7) is 5.69. The van der Waals surface area contributed by atoms with Gasteiger partial charge in [-0.3, -0.25) is 43.2 Å². The number of nitrogens with two attached hydrogens (primary N) is 3. The number of primary amides is 1. The molecule has 3 rings (SSSR count). The highest BCUT2D eigenvalue weighted by Crippen LogP contribution is 2.22. The Morgan fingerprint density at radius 1 is 0.697 bits per heavy atom. The number of likely N-dealkylation sites (tertiary alicyclic amines) is 2. The number of nitrogens with zero attached hydrogens (tertiary/aromatic N) is 2. The first-order chi connectivity index (χ1) is 31.1. The largest absolute Gasteiger partial charge is 0.508 e. The molecule has 2 fully saturated rings. The molecule has 0 spiro atoms. The van der Waals surface area contributed by atoms with Crippen LogP contribution in [-0.2, 0) is 54.4 Å². The molecular weight excluding hydrogens is 865 g/mol. The van der Waals surface area contributed by atoms with Crippen molar-refractivity contribution >= 4 is 59.2 Å². The van der Waals surface area contributed by atoms with E-state index in [-0.39, 0.29) is 50.4 Å². The second-order valence-corrected chi connectivity index (χ2v) is 17.2. The molecule has 0 radical (unpaired) electrons. The number of rotatable bonds is 26. The molecule has 1 aromatic carbocycles. The molecule has 0 aliphatic carbocycles. The first kappa shape index (κ1) is 54.0. The smallest absolute Gasteiger partial charge is 0.326 e. The SMILES string of the molecule is CC(C)C[C@H](NC(=O)[C@H](CCCCN)NC(=O)[C@@H]1CCCN1C(=O)[C@@H](N)Cc1ccc(O)cc1)C(=O)N[C@@H](C)C(=O)N1CCC[C@H]1C(=O)N[C@@H](CC(N)=O)C(=O)N[C@@H](CCC(=O)O)C(=O)O. The molecule has 0 aromatic heterocycles. The van der Waals surface area contributed by atoms with Crippen LogP contribution in [0.3, 0.4) is 0 Å². The molecule has 366 valence electrons. The highest BCUT2D eigenvalue weighted by Gasteiger charge is 2.41. The molecule has 2 aliphatic rings. The fourth-order valence-electron chi connectivity index (χ4n) is 7.90. The summed E-state index contributed by atoms with van der Waals surface area (Å²) in [7, 11) is 0. The van der Waals surface area contributed by atoms with Gasteiger partial charge in [0, 0.05) is 19.5 Å². The number of amides is 8. The summed E-state index contributed by atoms with van der Waals surface area (Å²) in [6.07, 6.45) is 0.931. The predicted molar refractivity (Wildman–Crippen MR) is 235 cm³/mol. The first-order valence-electron chi connectivity index (χ1n) is 22.2. The van der Waals surface area contributed by atoms with E-state index in [0.29, 0.717) is 38.6 Å². The lowest BCUT2D eigenvalue weighted by molar-refractivity contribution is -0.144. The fourth-order valence-corrected chi connectivity index (χ4v) is 7.90. The molecule has 8 atom stereocenters. The van der Waals surface area contributed by atoms with Gasteiger partial charge in [0.25, 0.3) is 0 Å². The van der Waals surface area contributed by atoms with Crippen LogP contribution in [0.15, 0.2) is 24.3 Å². The molecule has 14 N–H and O–H groups in total. The van der Waals surface area contributed by atoms with Gasteiger partial charge in [-0.25, -0.2) is 4.79 Å². The van der Waals surface area contributed by atoms with E-state index in [0.717, 1.165) is 5.56 Å². The number of unbranched alkanes of at least 4 members (excludes halogenated alkanes) is 1. The van der Waals surface area contributed by atoms with E-state index in [2.05, 4.69) is 26.6 Å². The van der Waals surface area contributed by atoms with E-state index in [1.54, 1.807) is 12.1 Å². The Kier molecular flexibility index (Phi) is 21.2. The Balaban J connectivity index is 1.70. The lowest BCUT2D eigenvalue weighted by Crippen LogP contribution is -2.59. The molecule has 0 unspecified atom stereocenters. The van der Waals surface area contributed by atoms with Gasteiger partial charge in [0.1, 0.15) is 48.0 Å². The Morgan fingerprint density at radius 3 is 1.76 bits per heavy atom. The van der Waals surface area contributed by atoms with Gasteiger partial charge < -0.3 is 68.9 Å². The van der Waals surface area contributed by atoms with Gasteiger partial charge in [0.2, 0.25) is 47.3 Å². The average Bonchev–Trinajstić information content (AvgIpc) is 3.95. The zero-order valence-corrected chi connectivity index (χ0v) is 37.7. The summed E-state index contributed by atoms with van der Waals surface area (Å²) >= 11 is 0. The second kappa shape index (κ2) is 26.0. The van der Waals surface area contributed by atoms with Crippen molar-refractivity contribution in [3.05, 3.63) is 29.8 Å². The van der Waals surface area contributed by atoms with Gasteiger partial charge in [0.15, 0.2) is 0 Å². The molecular formula is C43H66N10O13. The van der Waals surface area contributed by atoms with Crippen LogP contribution >= 0.6 is 0 Å². The highest BCUT2D eigenvalue weighted by atomic mass is 16.4. The van der Waals surface area contributed by atoms with Crippen LogP contribution in [0.1, 0.15) is 97.0 Å². The number of hydrogen-bond acceptors (Lipinski definition) is 13. The Bertz CT molecular complexity index is 1920. The van der Waals surface area contributed by atoms with Crippen LogP contribution in [-0.4, -0.2) is 152 Å². The van der Waals surface area contributed by atoms with Crippen LogP contribution in [0.25, 0.3) is 0 Å². The lowest BCUT2D eigenvalue weighted by atomic mass is 10.0. The van der Waals surface area contributed by atoms with E-state index >= 15 is 0 Å². The predicted octanol–water partition coefficient (Wildman–Crippen LogP) is -2.31. The van der Waals surface area contributed by atoms with Crippen LogP contribution in [0.2, 0.25) is 0 Å². The summed E-state index contributed by atoms with van der Waals surface area (Å²) in [4.78, 5) is 132. The summed E-state index contributed by atoms with van der Waals surface area (Å²) < 4.78 is 0. The standard InChI is InChI=1S/C43H66N10O13/c1-23(2)20-30(50-36(58)28(8-4-5-17-44)48-39(61)33-10-7-19-53(33)42(64)27(45)21-25-11-13-26(54)14-12-25)37(59)47-24(3)41(63)52-18-6-9-32(52)40(62)51-31(22-34(46)55)38(60)49-29(43(65)66)15-16-35(56)57/h11-14,23-24,27-33,54H,4-10,15-22,44-45H2,1-3H3,(H2,46,55)(H,47,59)(H,48,61)(H,49,60)(H,50,58)(H,51,62)(H,56,57)(H,65,66)/t24-,27-,28-,29-,30-,31-,32-,33-/m0/s1. The van der Waals surface area contributed by atoms with Crippen molar-refractivity contribution in [3.63, 3.8) is 0 Å². The number of benzene rings is 1. The van der Waals surface area contributed by atoms with Gasteiger partial charge in [-0.05, 0) is 101 Å². The minimum absolute atomic E-state index is 0.0634. The van der Waals surface area contributed by atoms with Gasteiger partial charge >= 0.3 is 11.9 Å². The minimum atomic E-state index is -1.67. The van der Waals surface area contributed by atoms with E-state index in [1.807, 2.05) is 13.8 Å². The molecule has 0 saturated carbocycles. The number of aromatic hydroxyl groups is 1. The third-order valence-corrected chi connectivity index (χ3v) is 11.3. The van der Waals surface area contributed by atoms with E-state index in [1.165, 1.54) is 28.9 Å². The Morgan fingerprint density at radius 2 is 1.23 bits per heavy atom. The van der Waals surface area contributed by atoms with E-state index in [9.17, 15) is 58.2 Å². The van der Waals surface area contributed by atoms with Crippen molar-refractivity contribution in [2.45, 2.75) is 146 Å². The average molecular weight is 931 g/mol. The topological polar surface area (TPSA) is 376 Å². The summed E-state index contributed by atoms with van der Waals surface area (Å²) in [5, 5.41) is 40.6. The van der Waals surface area contributed by atoms with Crippen LogP contribution in [0.4, 0.5) is 0 Å². The first-order valence-corrected chi connectivity index (χ1v) is 22.2. The zero-order chi connectivity index (χ0) is 49.2. The number of nitrogens with one attached hydrogen (secondary N) is 5. The lowest BCUT2D eigenvalue weighted by Gasteiger charge is -2.30. The molecule has 2 heterocycles. The quantitative estimate of drug-likeness (QED) is 0.0435. The third-order valence-electron chi connectivity index (χ3n) is 11.3. The number of phenolic OH excluding ortho intramolecular Hbond substituents is 1. The molecule has 2 saturated heterocycles. The second-order valence-electron chi connectivity index (χ2n) is 17.2. The van der Waals surface area contributed by atoms with Gasteiger partial charge in [-0.1, -0.05) is 26.0 Å². The number of aliphatic carboxylic acids is 2.